The lowest BCUT2D eigenvalue weighted by Crippen LogP contribution is -2.44. The Labute approximate surface area is 164 Å². The van der Waals surface area contributed by atoms with Crippen LogP contribution in [0.1, 0.15) is 62.0 Å². The number of carbonyl (C=O) groups excluding carboxylic acids is 1. The fraction of sp³-hybridized carbons (Fsp3) is 0.409. The molecule has 0 amide bonds. The predicted molar refractivity (Wildman–Crippen MR) is 117 cm³/mol. The number of hydrogen-bond donors (Lipinski definition) is 2. The molecule has 2 aromatic carbocycles. The molecule has 0 spiro atoms. The molecule has 0 aliphatic carbocycles. The summed E-state index contributed by atoms with van der Waals surface area (Å²) in [5.74, 6) is 0.763. The molecule has 0 atom stereocenters. The highest BCUT2D eigenvalue weighted by atomic mass is 28.4. The molecule has 0 saturated carbocycles. The highest BCUT2D eigenvalue weighted by Crippen LogP contribution is 2.40. The van der Waals surface area contributed by atoms with Crippen LogP contribution < -0.4 is 15.9 Å². The zero-order chi connectivity index (χ0) is 20.6. The van der Waals surface area contributed by atoms with Gasteiger partial charge in [0.15, 0.2) is 5.78 Å². The molecule has 146 valence electrons. The molecule has 0 unspecified atom stereocenters. The minimum absolute atomic E-state index is 0.00236. The summed E-state index contributed by atoms with van der Waals surface area (Å²) in [5, 5.41) is 0.00236. The van der Waals surface area contributed by atoms with E-state index in [-0.39, 0.29) is 16.5 Å². The first kappa shape index (κ1) is 21.0. The second-order valence-corrected chi connectivity index (χ2v) is 13.6. The van der Waals surface area contributed by atoms with Gasteiger partial charge in [0.05, 0.1) is 16.9 Å². The van der Waals surface area contributed by atoms with E-state index in [9.17, 15) is 4.79 Å². The number of nitrogen functional groups attached to an aromatic ring is 2. The van der Waals surface area contributed by atoms with E-state index in [1.807, 2.05) is 24.3 Å². The molecule has 0 radical (unpaired) electrons. The Bertz CT molecular complexity index is 835. The van der Waals surface area contributed by atoms with Crippen molar-refractivity contribution >= 4 is 25.5 Å². The Kier molecular flexibility index (Phi) is 5.76. The van der Waals surface area contributed by atoms with E-state index in [2.05, 4.69) is 47.7 Å². The number of hydrogen-bond acceptors (Lipinski definition) is 4. The first-order valence-electron chi connectivity index (χ1n) is 9.37. The molecule has 27 heavy (non-hydrogen) atoms. The number of benzene rings is 2. The van der Waals surface area contributed by atoms with Crippen molar-refractivity contribution in [3.63, 3.8) is 0 Å². The van der Waals surface area contributed by atoms with Gasteiger partial charge in [-0.25, -0.2) is 0 Å². The van der Waals surface area contributed by atoms with Gasteiger partial charge in [0.25, 0.3) is 8.32 Å². The SMILES string of the molecule is CC(C)c1ccc(C(=O)c2c(O[Si](C)(C)C(C)(C)C)ccc(N)c2N)cc1. The van der Waals surface area contributed by atoms with Crippen molar-refractivity contribution in [2.24, 2.45) is 0 Å². The summed E-state index contributed by atoms with van der Waals surface area (Å²) >= 11 is 0. The standard InChI is InChI=1S/C22H32N2O2Si/c1-14(2)15-8-10-16(11-9-15)21(25)19-18(13-12-17(23)20(19)24)26-27(6,7)22(3,4)5/h8-14H,23-24H2,1-7H3. The van der Waals surface area contributed by atoms with E-state index in [1.165, 1.54) is 5.56 Å². The molecule has 4 N–H and O–H groups in total. The summed E-state index contributed by atoms with van der Waals surface area (Å²) in [4.78, 5) is 13.3. The van der Waals surface area contributed by atoms with Crippen LogP contribution in [0.4, 0.5) is 11.4 Å². The van der Waals surface area contributed by atoms with Crippen molar-refractivity contribution in [1.82, 2.24) is 0 Å². The van der Waals surface area contributed by atoms with Gasteiger partial charge in [0, 0.05) is 5.56 Å². The minimum Gasteiger partial charge on any atom is -0.543 e. The molecule has 0 heterocycles. The topological polar surface area (TPSA) is 78.3 Å². The zero-order valence-electron chi connectivity index (χ0n) is 17.5. The first-order chi connectivity index (χ1) is 12.3. The second kappa shape index (κ2) is 7.39. The van der Waals surface area contributed by atoms with E-state index in [0.29, 0.717) is 28.5 Å². The van der Waals surface area contributed by atoms with Gasteiger partial charge in [-0.3, -0.25) is 4.79 Å². The van der Waals surface area contributed by atoms with E-state index < -0.39 is 8.32 Å². The highest BCUT2D eigenvalue weighted by molar-refractivity contribution is 6.74. The van der Waals surface area contributed by atoms with Gasteiger partial charge in [-0.05, 0) is 41.7 Å². The molecule has 5 heteroatoms. The van der Waals surface area contributed by atoms with Gasteiger partial charge in [0.2, 0.25) is 0 Å². The quantitative estimate of drug-likeness (QED) is 0.400. The third kappa shape index (κ3) is 4.35. The van der Waals surface area contributed by atoms with Crippen LogP contribution in [0.15, 0.2) is 36.4 Å². The minimum atomic E-state index is -2.14. The molecule has 0 saturated heterocycles. The van der Waals surface area contributed by atoms with E-state index in [4.69, 9.17) is 15.9 Å². The summed E-state index contributed by atoms with van der Waals surface area (Å²) in [6, 6.07) is 11.1. The normalized spacial score (nSPS) is 12.3. The van der Waals surface area contributed by atoms with Gasteiger partial charge >= 0.3 is 0 Å². The summed E-state index contributed by atoms with van der Waals surface area (Å²) < 4.78 is 6.42. The number of carbonyl (C=O) groups is 1. The first-order valence-corrected chi connectivity index (χ1v) is 12.3. The van der Waals surface area contributed by atoms with Crippen LogP contribution in [0, 0.1) is 0 Å². The van der Waals surface area contributed by atoms with Crippen molar-refractivity contribution in [2.75, 3.05) is 11.5 Å². The van der Waals surface area contributed by atoms with Crippen molar-refractivity contribution in [1.29, 1.82) is 0 Å². The number of anilines is 2. The number of nitrogens with two attached hydrogens (primary N) is 2. The van der Waals surface area contributed by atoms with Crippen LogP contribution in [-0.4, -0.2) is 14.1 Å². The van der Waals surface area contributed by atoms with Gasteiger partial charge in [-0.2, -0.15) is 0 Å². The third-order valence-corrected chi connectivity index (χ3v) is 9.82. The largest absolute Gasteiger partial charge is 0.543 e. The molecule has 0 aliphatic heterocycles. The average molecular weight is 385 g/mol. The smallest absolute Gasteiger partial charge is 0.250 e. The Hall–Kier alpha value is -2.27. The van der Waals surface area contributed by atoms with Crippen molar-refractivity contribution in [2.45, 2.75) is 58.7 Å². The van der Waals surface area contributed by atoms with Gasteiger partial charge in [-0.15, -0.1) is 0 Å². The lowest BCUT2D eigenvalue weighted by atomic mass is 9.96. The maximum Gasteiger partial charge on any atom is 0.250 e. The molecule has 2 rings (SSSR count). The predicted octanol–water partition coefficient (Wildman–Crippen LogP) is 5.59. The molecule has 4 nitrogen and oxygen atoms in total. The van der Waals surface area contributed by atoms with Gasteiger partial charge in [-0.1, -0.05) is 58.9 Å². The molecule has 0 aromatic heterocycles. The number of ketones is 1. The summed E-state index contributed by atoms with van der Waals surface area (Å²) in [6.07, 6.45) is 0. The van der Waals surface area contributed by atoms with Gasteiger partial charge in [0.1, 0.15) is 5.75 Å². The fourth-order valence-electron chi connectivity index (χ4n) is 2.53. The van der Waals surface area contributed by atoms with Crippen molar-refractivity contribution < 1.29 is 9.22 Å². The van der Waals surface area contributed by atoms with Crippen LogP contribution in [0.3, 0.4) is 0 Å². The van der Waals surface area contributed by atoms with E-state index in [0.717, 1.165) is 0 Å². The molecule has 0 fully saturated rings. The lowest BCUT2D eigenvalue weighted by molar-refractivity contribution is 0.103. The lowest BCUT2D eigenvalue weighted by Gasteiger charge is -2.37. The average Bonchev–Trinajstić information content (AvgIpc) is 2.57. The van der Waals surface area contributed by atoms with Crippen LogP contribution >= 0.6 is 0 Å². The van der Waals surface area contributed by atoms with Crippen LogP contribution in [0.2, 0.25) is 18.1 Å². The summed E-state index contributed by atoms with van der Waals surface area (Å²) in [6.45, 7) is 15.0. The Morgan fingerprint density at radius 2 is 1.56 bits per heavy atom. The molecular weight excluding hydrogens is 352 g/mol. The third-order valence-electron chi connectivity index (χ3n) is 5.48. The van der Waals surface area contributed by atoms with Gasteiger partial charge < -0.3 is 15.9 Å². The molecular formula is C22H32N2O2Si. The Morgan fingerprint density at radius 3 is 2.04 bits per heavy atom. The van der Waals surface area contributed by atoms with E-state index >= 15 is 0 Å². The molecule has 0 bridgehead atoms. The Morgan fingerprint density at radius 1 is 1.00 bits per heavy atom. The van der Waals surface area contributed by atoms with Crippen molar-refractivity contribution in [3.8, 4) is 5.75 Å². The summed E-state index contributed by atoms with van der Waals surface area (Å²) in [5.41, 5.74) is 15.0. The Balaban J connectivity index is 2.52. The van der Waals surface area contributed by atoms with Crippen LogP contribution in [0.25, 0.3) is 0 Å². The monoisotopic (exact) mass is 384 g/mol. The maximum atomic E-state index is 13.3. The molecule has 0 aliphatic rings. The number of rotatable bonds is 5. The van der Waals surface area contributed by atoms with E-state index in [1.54, 1.807) is 12.1 Å². The fourth-order valence-corrected chi connectivity index (χ4v) is 3.55. The van der Waals surface area contributed by atoms with Crippen molar-refractivity contribution in [3.05, 3.63) is 53.1 Å². The molecule has 2 aromatic rings. The maximum absolute atomic E-state index is 13.3. The second-order valence-electron chi connectivity index (χ2n) is 8.91. The summed E-state index contributed by atoms with van der Waals surface area (Å²) in [7, 11) is -2.14. The highest BCUT2D eigenvalue weighted by Gasteiger charge is 2.40. The van der Waals surface area contributed by atoms with Crippen LogP contribution in [-0.2, 0) is 0 Å². The zero-order valence-corrected chi connectivity index (χ0v) is 18.5. The van der Waals surface area contributed by atoms with Crippen LogP contribution in [0.5, 0.6) is 5.75 Å².